The molecule has 0 spiro atoms. The molecule has 0 unspecified atom stereocenters. The molecule has 1 N–H and O–H groups in total. The van der Waals surface area contributed by atoms with Gasteiger partial charge in [-0.3, -0.25) is 0 Å². The lowest BCUT2D eigenvalue weighted by atomic mass is 10.5. The van der Waals surface area contributed by atoms with Crippen molar-refractivity contribution in [3.8, 4) is 5.75 Å². The van der Waals surface area contributed by atoms with Gasteiger partial charge in [-0.15, -0.1) is 0 Å². The summed E-state index contributed by atoms with van der Waals surface area (Å²) in [4.78, 5) is 3.83. The van der Waals surface area contributed by atoms with Gasteiger partial charge >= 0.3 is 0 Å². The van der Waals surface area contributed by atoms with Crippen LogP contribution in [-0.2, 0) is 0 Å². The van der Waals surface area contributed by atoms with Gasteiger partial charge in [0.25, 0.3) is 0 Å². The third-order valence-electron chi connectivity index (χ3n) is 0.872. The molecule has 10 heavy (non-hydrogen) atoms. The van der Waals surface area contributed by atoms with Crippen molar-refractivity contribution in [1.29, 1.82) is 0 Å². The van der Waals surface area contributed by atoms with Crippen LogP contribution in [0.1, 0.15) is 0 Å². The molecule has 54 valence electrons. The van der Waals surface area contributed by atoms with Gasteiger partial charge in [0.05, 0.1) is 3.57 Å². The Balaban J connectivity index is 3.31. The van der Waals surface area contributed by atoms with Crippen LogP contribution in [0.2, 0.25) is 5.15 Å². The van der Waals surface area contributed by atoms with Crippen LogP contribution in [0.4, 0.5) is 0 Å². The molecule has 0 aliphatic rings. The third kappa shape index (κ3) is 1.85. The minimum atomic E-state index is 0.0580. The van der Waals surface area contributed by atoms with E-state index in [1.165, 1.54) is 0 Å². The van der Waals surface area contributed by atoms with Gasteiger partial charge in [0, 0.05) is 0 Å². The lowest BCUT2D eigenvalue weighted by Crippen LogP contribution is -1.84. The minimum absolute atomic E-state index is 0.0580. The molecule has 0 saturated carbocycles. The molecular formula is C5H2ClI2NO. The Bertz CT molecular complexity index is 243. The summed E-state index contributed by atoms with van der Waals surface area (Å²) in [7, 11) is 0. The van der Waals surface area contributed by atoms with E-state index in [2.05, 4.69) is 4.98 Å². The molecule has 0 amide bonds. The molecule has 0 radical (unpaired) electrons. The van der Waals surface area contributed by atoms with E-state index in [4.69, 9.17) is 16.7 Å². The highest BCUT2D eigenvalue weighted by Crippen LogP contribution is 2.27. The van der Waals surface area contributed by atoms with Gasteiger partial charge in [0.2, 0.25) is 0 Å². The summed E-state index contributed by atoms with van der Waals surface area (Å²) in [5, 5.41) is 9.29. The zero-order valence-corrected chi connectivity index (χ0v) is 9.68. The topological polar surface area (TPSA) is 33.1 Å². The fourth-order valence-electron chi connectivity index (χ4n) is 0.450. The summed E-state index contributed by atoms with van der Waals surface area (Å²) >= 11 is 9.58. The van der Waals surface area contributed by atoms with Crippen molar-refractivity contribution in [3.63, 3.8) is 0 Å². The van der Waals surface area contributed by atoms with E-state index in [9.17, 15) is 0 Å². The van der Waals surface area contributed by atoms with Crippen molar-refractivity contribution in [2.45, 2.75) is 0 Å². The molecule has 0 aliphatic heterocycles. The Morgan fingerprint density at radius 1 is 1.50 bits per heavy atom. The monoisotopic (exact) mass is 381 g/mol. The summed E-state index contributed by atoms with van der Waals surface area (Å²) in [5.74, 6) is 0.0580. The van der Waals surface area contributed by atoms with Gasteiger partial charge < -0.3 is 5.11 Å². The molecule has 1 heterocycles. The van der Waals surface area contributed by atoms with Crippen molar-refractivity contribution >= 4 is 56.8 Å². The first-order valence-corrected chi connectivity index (χ1v) is 4.85. The van der Waals surface area contributed by atoms with Crippen LogP contribution in [-0.4, -0.2) is 10.1 Å². The largest absolute Gasteiger partial charge is 0.504 e. The number of hydrogen-bond donors (Lipinski definition) is 1. The second-order valence-electron chi connectivity index (χ2n) is 1.57. The summed E-state index contributed by atoms with van der Waals surface area (Å²) in [6.45, 7) is 0. The standard InChI is InChI=1S/C5H2ClI2NO/c6-5-4(10)2(7)1-3(8)9-5/h1,10H. The Labute approximate surface area is 90.3 Å². The van der Waals surface area contributed by atoms with Crippen LogP contribution in [0.3, 0.4) is 0 Å². The molecule has 1 rings (SSSR count). The van der Waals surface area contributed by atoms with Gasteiger partial charge in [-0.1, -0.05) is 11.6 Å². The summed E-state index contributed by atoms with van der Waals surface area (Å²) in [6, 6.07) is 1.75. The maximum Gasteiger partial charge on any atom is 0.173 e. The zero-order valence-electron chi connectivity index (χ0n) is 4.61. The van der Waals surface area contributed by atoms with Crippen molar-refractivity contribution in [2.24, 2.45) is 0 Å². The van der Waals surface area contributed by atoms with Gasteiger partial charge in [0.15, 0.2) is 10.9 Å². The van der Waals surface area contributed by atoms with Crippen LogP contribution in [0.5, 0.6) is 5.75 Å². The normalized spacial score (nSPS) is 9.90. The van der Waals surface area contributed by atoms with E-state index in [0.29, 0.717) is 0 Å². The van der Waals surface area contributed by atoms with Crippen molar-refractivity contribution < 1.29 is 5.11 Å². The molecule has 0 fully saturated rings. The summed E-state index contributed by atoms with van der Waals surface area (Å²) in [5.41, 5.74) is 0. The van der Waals surface area contributed by atoms with Gasteiger partial charge in [-0.2, -0.15) is 0 Å². The predicted molar refractivity (Wildman–Crippen MR) is 56.3 cm³/mol. The Morgan fingerprint density at radius 2 is 2.10 bits per heavy atom. The zero-order chi connectivity index (χ0) is 7.72. The molecule has 0 aromatic carbocycles. The maximum absolute atomic E-state index is 9.13. The second-order valence-corrected chi connectivity index (χ2v) is 4.19. The lowest BCUT2D eigenvalue weighted by Gasteiger charge is -1.98. The Morgan fingerprint density at radius 3 is 2.60 bits per heavy atom. The predicted octanol–water partition coefficient (Wildman–Crippen LogP) is 2.65. The second kappa shape index (κ2) is 3.40. The van der Waals surface area contributed by atoms with Gasteiger partial charge in [0.1, 0.15) is 3.70 Å². The highest BCUT2D eigenvalue weighted by molar-refractivity contribution is 14.1. The maximum atomic E-state index is 9.13. The fraction of sp³-hybridized carbons (Fsp3) is 0. The van der Waals surface area contributed by atoms with E-state index >= 15 is 0 Å². The Hall–Kier alpha value is 0.700. The molecule has 2 nitrogen and oxygen atoms in total. The van der Waals surface area contributed by atoms with E-state index in [1.807, 2.05) is 45.2 Å². The number of rotatable bonds is 0. The summed E-state index contributed by atoms with van der Waals surface area (Å²) in [6.07, 6.45) is 0. The fourth-order valence-corrected chi connectivity index (χ4v) is 2.64. The van der Waals surface area contributed by atoms with Crippen molar-refractivity contribution in [1.82, 2.24) is 4.98 Å². The third-order valence-corrected chi connectivity index (χ3v) is 2.51. The molecular weight excluding hydrogens is 379 g/mol. The van der Waals surface area contributed by atoms with Crippen molar-refractivity contribution in [2.75, 3.05) is 0 Å². The molecule has 0 aliphatic carbocycles. The first-order valence-electron chi connectivity index (χ1n) is 2.32. The Kier molecular flexibility index (Phi) is 2.99. The lowest BCUT2D eigenvalue weighted by molar-refractivity contribution is 0.469. The first-order chi connectivity index (χ1) is 4.61. The van der Waals surface area contributed by atoms with Gasteiger partial charge in [-0.05, 0) is 51.2 Å². The van der Waals surface area contributed by atoms with E-state index in [-0.39, 0.29) is 10.9 Å². The molecule has 0 atom stereocenters. The van der Waals surface area contributed by atoms with Crippen molar-refractivity contribution in [3.05, 3.63) is 18.5 Å². The number of aromatic hydroxyl groups is 1. The quantitative estimate of drug-likeness (QED) is 0.554. The average molecular weight is 381 g/mol. The molecule has 1 aromatic heterocycles. The van der Waals surface area contributed by atoms with E-state index in [1.54, 1.807) is 6.07 Å². The molecule has 1 aromatic rings. The molecule has 0 bridgehead atoms. The smallest absolute Gasteiger partial charge is 0.173 e. The number of nitrogens with zero attached hydrogens (tertiary/aromatic N) is 1. The number of aromatic nitrogens is 1. The number of pyridine rings is 1. The highest BCUT2D eigenvalue weighted by atomic mass is 127. The first kappa shape index (κ1) is 8.79. The average Bonchev–Trinajstić information content (AvgIpc) is 1.82. The highest BCUT2D eigenvalue weighted by Gasteiger charge is 2.04. The minimum Gasteiger partial charge on any atom is -0.504 e. The van der Waals surface area contributed by atoms with Crippen LogP contribution >= 0.6 is 56.8 Å². The van der Waals surface area contributed by atoms with Crippen LogP contribution < -0.4 is 0 Å². The van der Waals surface area contributed by atoms with Gasteiger partial charge in [-0.25, -0.2) is 4.98 Å². The van der Waals surface area contributed by atoms with Crippen LogP contribution in [0, 0.1) is 7.27 Å². The van der Waals surface area contributed by atoms with E-state index in [0.717, 1.165) is 7.27 Å². The number of hydrogen-bond acceptors (Lipinski definition) is 2. The van der Waals surface area contributed by atoms with Crippen LogP contribution in [0.15, 0.2) is 6.07 Å². The number of halogens is 3. The van der Waals surface area contributed by atoms with Crippen LogP contribution in [0.25, 0.3) is 0 Å². The molecule has 5 heteroatoms. The molecule has 0 saturated heterocycles. The van der Waals surface area contributed by atoms with E-state index < -0.39 is 0 Å². The summed E-state index contributed by atoms with van der Waals surface area (Å²) < 4.78 is 1.51. The SMILES string of the molecule is Oc1c(I)cc(I)nc1Cl.